The summed E-state index contributed by atoms with van der Waals surface area (Å²) < 4.78 is 25.9. The van der Waals surface area contributed by atoms with Crippen LogP contribution in [-0.2, 0) is 14.8 Å². The van der Waals surface area contributed by atoms with E-state index in [9.17, 15) is 13.2 Å². The fourth-order valence-corrected chi connectivity index (χ4v) is 2.53. The molecule has 1 aromatic carbocycles. The number of nitrogens with two attached hydrogens (primary N) is 1. The number of sulfonamides is 1. The van der Waals surface area contributed by atoms with Gasteiger partial charge in [0.15, 0.2) is 0 Å². The fourth-order valence-electron chi connectivity index (χ4n) is 1.49. The third-order valence-electron chi connectivity index (χ3n) is 2.97. The molecule has 0 saturated heterocycles. The first-order valence-electron chi connectivity index (χ1n) is 6.44. The van der Waals surface area contributed by atoms with E-state index in [1.165, 1.54) is 12.1 Å². The SMILES string of the molecule is CCNS(=O)(=O)c1ccc(NC(=O)C(C)C(C)N)cc1. The molecule has 0 aromatic heterocycles. The van der Waals surface area contributed by atoms with Gasteiger partial charge in [-0.1, -0.05) is 13.8 Å². The first-order chi connectivity index (χ1) is 9.27. The van der Waals surface area contributed by atoms with Crippen molar-refractivity contribution in [2.24, 2.45) is 11.7 Å². The van der Waals surface area contributed by atoms with Crippen LogP contribution < -0.4 is 15.8 Å². The quantitative estimate of drug-likeness (QED) is 0.726. The predicted molar refractivity (Wildman–Crippen MR) is 78.7 cm³/mol. The van der Waals surface area contributed by atoms with E-state index in [2.05, 4.69) is 10.0 Å². The number of hydrogen-bond acceptors (Lipinski definition) is 4. The van der Waals surface area contributed by atoms with E-state index < -0.39 is 10.0 Å². The summed E-state index contributed by atoms with van der Waals surface area (Å²) in [4.78, 5) is 12.0. The van der Waals surface area contributed by atoms with E-state index in [4.69, 9.17) is 5.73 Å². The van der Waals surface area contributed by atoms with Crippen LogP contribution in [0.5, 0.6) is 0 Å². The Kier molecular flexibility index (Phi) is 5.67. The highest BCUT2D eigenvalue weighted by atomic mass is 32.2. The Morgan fingerprint density at radius 2 is 1.80 bits per heavy atom. The Hall–Kier alpha value is -1.44. The van der Waals surface area contributed by atoms with Crippen LogP contribution in [0.15, 0.2) is 29.2 Å². The highest BCUT2D eigenvalue weighted by molar-refractivity contribution is 7.89. The number of carbonyl (C=O) groups excluding carboxylic acids is 1. The van der Waals surface area contributed by atoms with Crippen LogP contribution in [0.1, 0.15) is 20.8 Å². The van der Waals surface area contributed by atoms with Gasteiger partial charge in [-0.25, -0.2) is 13.1 Å². The average Bonchev–Trinajstić information content (AvgIpc) is 2.38. The number of rotatable bonds is 6. The molecular weight excluding hydrogens is 278 g/mol. The molecule has 1 amide bonds. The van der Waals surface area contributed by atoms with Gasteiger partial charge in [0.05, 0.1) is 10.8 Å². The second-order valence-electron chi connectivity index (χ2n) is 4.66. The van der Waals surface area contributed by atoms with Gasteiger partial charge in [-0.05, 0) is 31.2 Å². The lowest BCUT2D eigenvalue weighted by molar-refractivity contribution is -0.119. The number of nitrogens with one attached hydrogen (secondary N) is 2. The molecule has 0 radical (unpaired) electrons. The molecule has 0 bridgehead atoms. The van der Waals surface area contributed by atoms with Crippen LogP contribution in [0.2, 0.25) is 0 Å². The van der Waals surface area contributed by atoms with E-state index in [0.717, 1.165) is 0 Å². The predicted octanol–water partition coefficient (Wildman–Crippen LogP) is 0.907. The Bertz CT molecular complexity index is 553. The first kappa shape index (κ1) is 16.6. The third-order valence-corrected chi connectivity index (χ3v) is 4.53. The molecule has 0 fully saturated rings. The first-order valence-corrected chi connectivity index (χ1v) is 7.92. The van der Waals surface area contributed by atoms with E-state index in [0.29, 0.717) is 12.2 Å². The second-order valence-corrected chi connectivity index (χ2v) is 6.43. The van der Waals surface area contributed by atoms with Gasteiger partial charge < -0.3 is 11.1 Å². The molecule has 0 aliphatic carbocycles. The van der Waals surface area contributed by atoms with Crippen molar-refractivity contribution in [1.82, 2.24) is 4.72 Å². The van der Waals surface area contributed by atoms with Crippen molar-refractivity contribution in [2.45, 2.75) is 31.7 Å². The van der Waals surface area contributed by atoms with Gasteiger partial charge in [0, 0.05) is 18.3 Å². The van der Waals surface area contributed by atoms with Gasteiger partial charge in [-0.3, -0.25) is 4.79 Å². The minimum atomic E-state index is -3.47. The normalized spacial score (nSPS) is 14.6. The molecule has 112 valence electrons. The van der Waals surface area contributed by atoms with Crippen molar-refractivity contribution >= 4 is 21.6 Å². The lowest BCUT2D eigenvalue weighted by atomic mass is 10.0. The van der Waals surface area contributed by atoms with E-state index in [1.54, 1.807) is 32.9 Å². The molecule has 4 N–H and O–H groups in total. The zero-order chi connectivity index (χ0) is 15.3. The maximum Gasteiger partial charge on any atom is 0.240 e. The third kappa shape index (κ3) is 4.29. The summed E-state index contributed by atoms with van der Waals surface area (Å²) in [5, 5.41) is 2.70. The van der Waals surface area contributed by atoms with Crippen molar-refractivity contribution in [1.29, 1.82) is 0 Å². The van der Waals surface area contributed by atoms with Gasteiger partial charge in [0.25, 0.3) is 0 Å². The standard InChI is InChI=1S/C13H21N3O3S/c1-4-15-20(18,19)12-7-5-11(6-8-12)16-13(17)9(2)10(3)14/h5-10,15H,4,14H2,1-3H3,(H,16,17). The Morgan fingerprint density at radius 3 is 2.25 bits per heavy atom. The molecule has 1 rings (SSSR count). The van der Waals surface area contributed by atoms with Crippen LogP contribution in [0.4, 0.5) is 5.69 Å². The molecule has 0 heterocycles. The summed E-state index contributed by atoms with van der Waals surface area (Å²) in [6.07, 6.45) is 0. The maximum atomic E-state index is 11.8. The maximum absolute atomic E-state index is 11.8. The molecule has 0 aliphatic rings. The summed E-state index contributed by atoms with van der Waals surface area (Å²) in [7, 11) is -3.47. The monoisotopic (exact) mass is 299 g/mol. The van der Waals surface area contributed by atoms with E-state index in [1.807, 2.05) is 0 Å². The molecule has 0 aliphatic heterocycles. The van der Waals surface area contributed by atoms with Gasteiger partial charge in [0.1, 0.15) is 0 Å². The van der Waals surface area contributed by atoms with Crippen LogP contribution in [-0.4, -0.2) is 26.9 Å². The molecule has 20 heavy (non-hydrogen) atoms. The highest BCUT2D eigenvalue weighted by Gasteiger charge is 2.17. The lowest BCUT2D eigenvalue weighted by Gasteiger charge is -2.15. The van der Waals surface area contributed by atoms with Crippen LogP contribution in [0, 0.1) is 5.92 Å². The van der Waals surface area contributed by atoms with Crippen LogP contribution >= 0.6 is 0 Å². The minimum Gasteiger partial charge on any atom is -0.327 e. The lowest BCUT2D eigenvalue weighted by Crippen LogP contribution is -2.34. The average molecular weight is 299 g/mol. The number of carbonyl (C=O) groups is 1. The molecular formula is C13H21N3O3S. The number of benzene rings is 1. The second kappa shape index (κ2) is 6.83. The van der Waals surface area contributed by atoms with Gasteiger partial charge in [-0.15, -0.1) is 0 Å². The Balaban J connectivity index is 2.80. The summed E-state index contributed by atoms with van der Waals surface area (Å²) in [5.41, 5.74) is 6.20. The summed E-state index contributed by atoms with van der Waals surface area (Å²) in [6, 6.07) is 5.75. The minimum absolute atomic E-state index is 0.164. The smallest absolute Gasteiger partial charge is 0.240 e. The van der Waals surface area contributed by atoms with Gasteiger partial charge in [-0.2, -0.15) is 0 Å². The van der Waals surface area contributed by atoms with E-state index >= 15 is 0 Å². The summed E-state index contributed by atoms with van der Waals surface area (Å²) in [5.74, 6) is -0.512. The summed E-state index contributed by atoms with van der Waals surface area (Å²) >= 11 is 0. The highest BCUT2D eigenvalue weighted by Crippen LogP contribution is 2.15. The molecule has 2 atom stereocenters. The van der Waals surface area contributed by atoms with Crippen molar-refractivity contribution in [3.63, 3.8) is 0 Å². The van der Waals surface area contributed by atoms with Crippen molar-refractivity contribution < 1.29 is 13.2 Å². The summed E-state index contributed by atoms with van der Waals surface area (Å²) in [6.45, 7) is 5.54. The topological polar surface area (TPSA) is 101 Å². The van der Waals surface area contributed by atoms with Crippen LogP contribution in [0.3, 0.4) is 0 Å². The zero-order valence-corrected chi connectivity index (χ0v) is 12.7. The van der Waals surface area contributed by atoms with Crippen molar-refractivity contribution in [3.05, 3.63) is 24.3 Å². The van der Waals surface area contributed by atoms with Gasteiger partial charge >= 0.3 is 0 Å². The molecule has 0 spiro atoms. The Labute approximate surface area is 119 Å². The molecule has 1 aromatic rings. The molecule has 7 heteroatoms. The molecule has 6 nitrogen and oxygen atoms in total. The fraction of sp³-hybridized carbons (Fsp3) is 0.462. The van der Waals surface area contributed by atoms with Crippen LogP contribution in [0.25, 0.3) is 0 Å². The molecule has 0 saturated carbocycles. The zero-order valence-electron chi connectivity index (χ0n) is 11.9. The number of amides is 1. The largest absolute Gasteiger partial charge is 0.327 e. The Morgan fingerprint density at radius 1 is 1.25 bits per heavy atom. The van der Waals surface area contributed by atoms with E-state index in [-0.39, 0.29) is 22.8 Å². The molecule has 2 unspecified atom stereocenters. The van der Waals surface area contributed by atoms with Crippen molar-refractivity contribution in [2.75, 3.05) is 11.9 Å². The number of hydrogen-bond donors (Lipinski definition) is 3. The van der Waals surface area contributed by atoms with Gasteiger partial charge in [0.2, 0.25) is 15.9 Å². The van der Waals surface area contributed by atoms with Crippen molar-refractivity contribution in [3.8, 4) is 0 Å². The number of anilines is 1.